The van der Waals surface area contributed by atoms with Gasteiger partial charge in [-0.3, -0.25) is 4.79 Å². The summed E-state index contributed by atoms with van der Waals surface area (Å²) < 4.78 is 40.8. The second kappa shape index (κ2) is 12.9. The molecule has 1 atom stereocenters. The van der Waals surface area contributed by atoms with E-state index < -0.39 is 19.4 Å². The summed E-state index contributed by atoms with van der Waals surface area (Å²) in [6, 6.07) is 8.41. The molecule has 3 aromatic rings. The van der Waals surface area contributed by atoms with Crippen LogP contribution in [0.25, 0.3) is 11.3 Å². The van der Waals surface area contributed by atoms with Crippen molar-refractivity contribution in [2.24, 2.45) is 0 Å². The maximum Gasteiger partial charge on any atom is 0.220 e. The van der Waals surface area contributed by atoms with Gasteiger partial charge >= 0.3 is 0 Å². The van der Waals surface area contributed by atoms with Gasteiger partial charge in [0.1, 0.15) is 30.3 Å². The monoisotopic (exact) mass is 624 g/mol. The van der Waals surface area contributed by atoms with Crippen LogP contribution in [0.15, 0.2) is 41.2 Å². The molecule has 1 aromatic carbocycles. The molecule has 2 aliphatic heterocycles. The molecule has 3 fully saturated rings. The normalized spacial score (nSPS) is 21.7. The van der Waals surface area contributed by atoms with E-state index in [1.54, 1.807) is 18.3 Å². The van der Waals surface area contributed by atoms with E-state index in [0.717, 1.165) is 49.5 Å². The third-order valence-electron chi connectivity index (χ3n) is 9.17. The second-order valence-electron chi connectivity index (χ2n) is 13.8. The van der Waals surface area contributed by atoms with Crippen LogP contribution in [0.4, 0.5) is 4.39 Å². The van der Waals surface area contributed by atoms with Crippen LogP contribution in [-0.4, -0.2) is 48.5 Å². The van der Waals surface area contributed by atoms with Crippen molar-refractivity contribution in [2.75, 3.05) is 19.8 Å². The number of nitrogens with one attached hydrogen (secondary N) is 1. The van der Waals surface area contributed by atoms with E-state index in [-0.39, 0.29) is 18.5 Å². The largest absolute Gasteiger partial charge is 0.364 e. The SMILES string of the molecule is C[Si](C)(C)CCOCn1c(-c2ccc(C3CC3)cc2F)cnc1[C@]1(CCCCCC2(c3ccon3)OCCO2)CCC(=O)N1. The predicted octanol–water partition coefficient (Wildman–Crippen LogP) is 6.82. The molecule has 0 radical (unpaired) electrons. The first-order chi connectivity index (χ1) is 21.2. The Kier molecular flexibility index (Phi) is 9.10. The van der Waals surface area contributed by atoms with Crippen LogP contribution in [0.1, 0.15) is 80.8 Å². The summed E-state index contributed by atoms with van der Waals surface area (Å²) in [5, 5.41) is 7.35. The predicted molar refractivity (Wildman–Crippen MR) is 166 cm³/mol. The number of carbonyl (C=O) groups is 1. The maximum absolute atomic E-state index is 15.6. The number of ether oxygens (including phenoxy) is 3. The Labute approximate surface area is 259 Å². The zero-order chi connectivity index (χ0) is 30.8. The van der Waals surface area contributed by atoms with Crippen molar-refractivity contribution < 1.29 is 27.9 Å². The number of halogens is 1. The number of hydrogen-bond donors (Lipinski definition) is 1. The van der Waals surface area contributed by atoms with Crippen LogP contribution in [0.5, 0.6) is 0 Å². The van der Waals surface area contributed by atoms with Crippen molar-refractivity contribution >= 4 is 14.0 Å². The van der Waals surface area contributed by atoms with Crippen molar-refractivity contribution in [1.82, 2.24) is 20.0 Å². The lowest BCUT2D eigenvalue weighted by molar-refractivity contribution is -0.176. The first-order valence-corrected chi connectivity index (χ1v) is 19.8. The Morgan fingerprint density at radius 1 is 1.11 bits per heavy atom. The quantitative estimate of drug-likeness (QED) is 0.146. The lowest BCUT2D eigenvalue weighted by Gasteiger charge is -2.30. The second-order valence-corrected chi connectivity index (χ2v) is 19.4. The average Bonchev–Trinajstić information content (AvgIpc) is 3.39. The van der Waals surface area contributed by atoms with Gasteiger partial charge in [-0.2, -0.15) is 0 Å². The molecule has 1 N–H and O–H groups in total. The van der Waals surface area contributed by atoms with Crippen LogP contribution in [0.3, 0.4) is 0 Å². The zero-order valence-corrected chi connectivity index (χ0v) is 27.2. The third-order valence-corrected chi connectivity index (χ3v) is 10.9. The molecule has 2 aromatic heterocycles. The van der Waals surface area contributed by atoms with E-state index in [4.69, 9.17) is 23.7 Å². The number of nitrogens with zero attached hydrogens (tertiary/aromatic N) is 3. The highest BCUT2D eigenvalue weighted by Gasteiger charge is 2.44. The molecule has 11 heteroatoms. The summed E-state index contributed by atoms with van der Waals surface area (Å²) in [5.74, 6) is 0.116. The van der Waals surface area contributed by atoms with Gasteiger partial charge in [-0.1, -0.05) is 43.7 Å². The standard InChI is InChI=1S/C33H45FN4O5Si/c1-44(2,3)20-19-40-23-38-28(26-10-9-25(21-27(26)34)24-7-8-24)22-35-31(38)32(15-11-30(39)36-32)13-5-4-6-14-33(41-17-18-42-33)29-12-16-43-37-29/h9-10,12,16,21-22,24H,4-8,11,13-15,17-20,23H2,1-3H3,(H,36,39)/t32-/m0/s1. The fourth-order valence-electron chi connectivity index (χ4n) is 6.48. The van der Waals surface area contributed by atoms with Gasteiger partial charge in [0.05, 0.1) is 30.6 Å². The Bertz CT molecular complexity index is 1430. The number of aromatic nitrogens is 3. The van der Waals surface area contributed by atoms with Crippen molar-refractivity contribution in [3.63, 3.8) is 0 Å². The molecule has 3 aliphatic rings. The van der Waals surface area contributed by atoms with Gasteiger partial charge in [0.25, 0.3) is 0 Å². The van der Waals surface area contributed by atoms with Gasteiger partial charge < -0.3 is 28.6 Å². The highest BCUT2D eigenvalue weighted by Crippen LogP contribution is 2.43. The maximum atomic E-state index is 15.6. The molecule has 1 aliphatic carbocycles. The van der Waals surface area contributed by atoms with E-state index in [0.29, 0.717) is 68.4 Å². The summed E-state index contributed by atoms with van der Waals surface area (Å²) in [6.07, 6.45) is 10.6. The number of imidazole rings is 1. The molecule has 6 rings (SSSR count). The fourth-order valence-corrected chi connectivity index (χ4v) is 7.24. The highest BCUT2D eigenvalue weighted by atomic mass is 28.3. The van der Waals surface area contributed by atoms with Crippen LogP contribution in [0, 0.1) is 5.82 Å². The van der Waals surface area contributed by atoms with E-state index in [1.165, 1.54) is 6.26 Å². The van der Waals surface area contributed by atoms with E-state index in [2.05, 4.69) is 30.1 Å². The number of hydrogen-bond acceptors (Lipinski definition) is 7. The molecule has 238 valence electrons. The van der Waals surface area contributed by atoms with Gasteiger partial charge in [-0.05, 0) is 61.8 Å². The van der Waals surface area contributed by atoms with Gasteiger partial charge in [0, 0.05) is 39.2 Å². The highest BCUT2D eigenvalue weighted by molar-refractivity contribution is 6.76. The first kappa shape index (κ1) is 31.1. The van der Waals surface area contributed by atoms with Crippen molar-refractivity contribution in [1.29, 1.82) is 0 Å². The van der Waals surface area contributed by atoms with Crippen molar-refractivity contribution in [3.05, 3.63) is 59.6 Å². The summed E-state index contributed by atoms with van der Waals surface area (Å²) in [6.45, 7) is 8.90. The van der Waals surface area contributed by atoms with Crippen molar-refractivity contribution in [2.45, 2.75) is 107 Å². The molecular weight excluding hydrogens is 579 g/mol. The molecule has 1 saturated carbocycles. The van der Waals surface area contributed by atoms with Crippen molar-refractivity contribution in [3.8, 4) is 11.3 Å². The lowest BCUT2D eigenvalue weighted by atomic mass is 9.89. The van der Waals surface area contributed by atoms with Crippen LogP contribution >= 0.6 is 0 Å². The van der Waals surface area contributed by atoms with E-state index in [1.807, 2.05) is 16.7 Å². The van der Waals surface area contributed by atoms with E-state index in [9.17, 15) is 4.79 Å². The Morgan fingerprint density at radius 2 is 1.91 bits per heavy atom. The molecule has 1 amide bonds. The molecule has 4 heterocycles. The Hall–Kier alpha value is -2.86. The topological polar surface area (TPSA) is 101 Å². The summed E-state index contributed by atoms with van der Waals surface area (Å²) in [7, 11) is -1.29. The fraction of sp³-hybridized carbons (Fsp3) is 0.606. The van der Waals surface area contributed by atoms with Crippen LogP contribution < -0.4 is 5.32 Å². The smallest absolute Gasteiger partial charge is 0.220 e. The molecule has 0 unspecified atom stereocenters. The number of amides is 1. The van der Waals surface area contributed by atoms with Gasteiger partial charge in [-0.25, -0.2) is 9.37 Å². The number of carbonyl (C=O) groups excluding carboxylic acids is 1. The van der Waals surface area contributed by atoms with Crippen LogP contribution in [0.2, 0.25) is 25.7 Å². The summed E-state index contributed by atoms with van der Waals surface area (Å²) >= 11 is 0. The molecule has 9 nitrogen and oxygen atoms in total. The molecule has 2 saturated heterocycles. The minimum absolute atomic E-state index is 0.0125. The first-order valence-electron chi connectivity index (χ1n) is 16.1. The van der Waals surface area contributed by atoms with Gasteiger partial charge in [0.2, 0.25) is 11.7 Å². The Balaban J connectivity index is 1.21. The molecule has 44 heavy (non-hydrogen) atoms. The molecule has 0 bridgehead atoms. The lowest BCUT2D eigenvalue weighted by Crippen LogP contribution is -2.41. The van der Waals surface area contributed by atoms with Gasteiger partial charge in [-0.15, -0.1) is 0 Å². The zero-order valence-electron chi connectivity index (χ0n) is 26.2. The minimum atomic E-state index is -1.29. The number of unbranched alkanes of at least 4 members (excludes halogenated alkanes) is 2. The average molecular weight is 625 g/mol. The number of benzene rings is 1. The minimum Gasteiger partial charge on any atom is -0.364 e. The number of rotatable bonds is 15. The molecular formula is C33H45FN4O5Si. The van der Waals surface area contributed by atoms with Crippen LogP contribution in [-0.2, 0) is 37.1 Å². The summed E-state index contributed by atoms with van der Waals surface area (Å²) in [5.41, 5.74) is 2.26. The van der Waals surface area contributed by atoms with E-state index >= 15 is 4.39 Å². The Morgan fingerprint density at radius 3 is 2.57 bits per heavy atom. The summed E-state index contributed by atoms with van der Waals surface area (Å²) in [4.78, 5) is 17.6. The van der Waals surface area contributed by atoms with Gasteiger partial charge in [0.15, 0.2) is 0 Å². The molecule has 0 spiro atoms. The third kappa shape index (κ3) is 6.85.